The zero-order valence-corrected chi connectivity index (χ0v) is 29.3. The van der Waals surface area contributed by atoms with E-state index in [2.05, 4.69) is 142 Å². The van der Waals surface area contributed by atoms with Gasteiger partial charge in [-0.25, -0.2) is 0 Å². The van der Waals surface area contributed by atoms with Gasteiger partial charge in [-0.1, -0.05) is 0 Å². The molecular weight excluding hydrogens is 615 g/mol. The van der Waals surface area contributed by atoms with Gasteiger partial charge in [-0.3, -0.25) is 0 Å². The summed E-state index contributed by atoms with van der Waals surface area (Å²) in [5, 5.41) is 3.61. The Morgan fingerprint density at radius 1 is 0.684 bits per heavy atom. The van der Waals surface area contributed by atoms with Crippen LogP contribution in [0.2, 0.25) is 39.3 Å². The smallest absolute Gasteiger partial charge is 1.00 e. The third-order valence-electron chi connectivity index (χ3n) is 7.47. The maximum atomic E-state index is 2.67. The molecule has 5 heteroatoms. The average Bonchev–Trinajstić information content (AvgIpc) is 3.49. The maximum Gasteiger partial charge on any atom is -1.00 e. The van der Waals surface area contributed by atoms with Crippen LogP contribution >= 0.6 is 0 Å². The molecule has 1 unspecified atom stereocenters. The van der Waals surface area contributed by atoms with Crippen molar-refractivity contribution in [2.75, 3.05) is 0 Å². The van der Waals surface area contributed by atoms with Crippen molar-refractivity contribution in [1.29, 1.82) is 0 Å². The Morgan fingerprint density at radius 2 is 1.21 bits per heavy atom. The summed E-state index contributed by atoms with van der Waals surface area (Å²) < 4.78 is 4.08. The third-order valence-corrected chi connectivity index (χ3v) is 20.7. The topological polar surface area (TPSA) is 0 Å². The third kappa shape index (κ3) is 6.18. The van der Waals surface area contributed by atoms with E-state index < -0.39 is 37.4 Å². The molecule has 3 aromatic rings. The Hall–Kier alpha value is -1.35. The Morgan fingerprint density at radius 3 is 1.74 bits per heavy atom. The summed E-state index contributed by atoms with van der Waals surface area (Å²) in [5.41, 5.74) is 5.84. The van der Waals surface area contributed by atoms with E-state index in [1.54, 1.807) is 14.0 Å². The van der Waals surface area contributed by atoms with Crippen molar-refractivity contribution in [2.45, 2.75) is 49.3 Å². The molecule has 2 aliphatic rings. The predicted molar refractivity (Wildman–Crippen MR) is 161 cm³/mol. The number of fused-ring (bicyclic) bond motifs is 1. The number of hydrogen-bond donors (Lipinski definition) is 0. The monoisotopic (exact) mass is 650 g/mol. The van der Waals surface area contributed by atoms with Crippen LogP contribution in [0.3, 0.4) is 0 Å². The first-order valence-corrected chi connectivity index (χ1v) is 24.1. The van der Waals surface area contributed by atoms with E-state index >= 15 is 0 Å². The molecule has 0 spiro atoms. The second-order valence-corrected chi connectivity index (χ2v) is 28.5. The normalized spacial score (nSPS) is 16.1. The molecule has 0 heterocycles. The van der Waals surface area contributed by atoms with Gasteiger partial charge >= 0.3 is 229 Å². The molecule has 0 aliphatic heterocycles. The maximum absolute atomic E-state index is 2.67. The van der Waals surface area contributed by atoms with E-state index in [0.29, 0.717) is 3.63 Å². The Balaban J connectivity index is 0.00000200. The minimum Gasteiger partial charge on any atom is -1.00 e. The van der Waals surface area contributed by atoms with E-state index in [1.807, 2.05) is 8.48 Å². The van der Waals surface area contributed by atoms with Crippen molar-refractivity contribution in [1.82, 2.24) is 0 Å². The SMILES string of the molecule is C[Si](C)(C)C1=CC[C]([Zr+2](=[C](c2ccccc2)c2ccccc2)[CH]2C=Cc3ccccc32)=C1[Si](C)(C)C.[Cl-].[Cl-]. The molecule has 0 aromatic heterocycles. The van der Waals surface area contributed by atoms with Crippen molar-refractivity contribution in [3.05, 3.63) is 133 Å². The van der Waals surface area contributed by atoms with Crippen LogP contribution in [0.25, 0.3) is 6.08 Å². The fourth-order valence-corrected chi connectivity index (χ4v) is 24.4. The second-order valence-electron chi connectivity index (χ2n) is 12.2. The van der Waals surface area contributed by atoms with Crippen LogP contribution in [-0.4, -0.2) is 19.4 Å². The average molecular weight is 653 g/mol. The van der Waals surface area contributed by atoms with Crippen molar-refractivity contribution >= 4 is 25.4 Å². The zero-order valence-electron chi connectivity index (χ0n) is 23.4. The van der Waals surface area contributed by atoms with Gasteiger partial charge in [0.15, 0.2) is 0 Å². The van der Waals surface area contributed by atoms with Gasteiger partial charge < -0.3 is 24.8 Å². The first kappa shape index (κ1) is 31.2. The van der Waals surface area contributed by atoms with Gasteiger partial charge in [0.1, 0.15) is 0 Å². The van der Waals surface area contributed by atoms with Crippen LogP contribution in [0.1, 0.15) is 32.3 Å². The molecule has 0 saturated carbocycles. The molecule has 0 fully saturated rings. The molecular formula is C33H38Cl2Si2Zr. The molecule has 196 valence electrons. The number of benzene rings is 3. The molecule has 38 heavy (non-hydrogen) atoms. The van der Waals surface area contributed by atoms with Gasteiger partial charge in [0, 0.05) is 0 Å². The molecule has 0 N–H and O–H groups in total. The van der Waals surface area contributed by atoms with E-state index in [9.17, 15) is 0 Å². The molecule has 0 amide bonds. The summed E-state index contributed by atoms with van der Waals surface area (Å²) in [6.07, 6.45) is 8.83. The molecule has 0 nitrogen and oxygen atoms in total. The van der Waals surface area contributed by atoms with Gasteiger partial charge in [0.2, 0.25) is 0 Å². The molecule has 1 atom stereocenters. The minimum atomic E-state index is -2.53. The molecule has 0 radical (unpaired) electrons. The largest absolute Gasteiger partial charge is 1.00 e. The van der Waals surface area contributed by atoms with E-state index in [4.69, 9.17) is 0 Å². The van der Waals surface area contributed by atoms with E-state index in [-0.39, 0.29) is 24.8 Å². The quantitative estimate of drug-likeness (QED) is 0.360. The van der Waals surface area contributed by atoms with Gasteiger partial charge in [0.05, 0.1) is 0 Å². The minimum absolute atomic E-state index is 0. The first-order chi connectivity index (χ1) is 17.2. The van der Waals surface area contributed by atoms with Crippen molar-refractivity contribution in [2.24, 2.45) is 0 Å². The number of hydrogen-bond acceptors (Lipinski definition) is 0. The standard InChI is InChI=1S/C13H10.C11H21Si2.C9H7.2ClH.Zr/c1-3-7-12(8-4-1)11-13-9-5-2-6-10-13;1-12(2,3)10-8-7-9-11(10)13(4,5)6;1-2-5-9-7-3-6-8(9)4-1;;;/h1-10H;8H,7H2,1-6H3;1-7H;2*1H;/q;;;;;+2/p-2. The van der Waals surface area contributed by atoms with Gasteiger partial charge in [-0.05, 0) is 0 Å². The predicted octanol–water partition coefficient (Wildman–Crippen LogP) is 2.99. The Bertz CT molecular complexity index is 1370. The zero-order chi connectivity index (χ0) is 25.5. The van der Waals surface area contributed by atoms with Crippen LogP contribution in [-0.2, 0) is 21.3 Å². The number of allylic oxidation sites excluding steroid dienone is 5. The molecule has 0 saturated heterocycles. The second kappa shape index (κ2) is 12.4. The van der Waals surface area contributed by atoms with Crippen LogP contribution < -0.4 is 24.8 Å². The van der Waals surface area contributed by atoms with Crippen LogP contribution in [0.15, 0.2) is 111 Å². The molecule has 5 rings (SSSR count). The van der Waals surface area contributed by atoms with Crippen molar-refractivity contribution in [3.8, 4) is 0 Å². The fourth-order valence-electron chi connectivity index (χ4n) is 6.04. The van der Waals surface area contributed by atoms with E-state index in [0.717, 1.165) is 0 Å². The summed E-state index contributed by atoms with van der Waals surface area (Å²) >= 11 is -2.53. The summed E-state index contributed by atoms with van der Waals surface area (Å²) in [6, 6.07) is 31.9. The van der Waals surface area contributed by atoms with Crippen LogP contribution in [0.5, 0.6) is 0 Å². The summed E-state index contributed by atoms with van der Waals surface area (Å²) in [6.45, 7) is 15.4. The Kier molecular flexibility index (Phi) is 10.2. The first-order valence-electron chi connectivity index (χ1n) is 13.2. The fraction of sp³-hybridized carbons (Fsp3) is 0.242. The summed E-state index contributed by atoms with van der Waals surface area (Å²) in [5.74, 6) is 0. The number of halogens is 2. The van der Waals surface area contributed by atoms with Crippen LogP contribution in [0, 0.1) is 0 Å². The van der Waals surface area contributed by atoms with Gasteiger partial charge in [0.25, 0.3) is 0 Å². The van der Waals surface area contributed by atoms with Crippen molar-refractivity contribution < 1.29 is 46.1 Å². The van der Waals surface area contributed by atoms with Gasteiger partial charge in [-0.15, -0.1) is 0 Å². The van der Waals surface area contributed by atoms with Crippen molar-refractivity contribution in [3.63, 3.8) is 0 Å². The van der Waals surface area contributed by atoms with Gasteiger partial charge in [-0.2, -0.15) is 0 Å². The molecule has 2 aliphatic carbocycles. The summed E-state index contributed by atoms with van der Waals surface area (Å²) in [7, 11) is -3.00. The van der Waals surface area contributed by atoms with Crippen LogP contribution in [0.4, 0.5) is 0 Å². The van der Waals surface area contributed by atoms with E-state index in [1.165, 1.54) is 23.1 Å². The molecule has 3 aromatic carbocycles. The number of rotatable bonds is 6. The molecule has 0 bridgehead atoms. The summed E-state index contributed by atoms with van der Waals surface area (Å²) in [4.78, 5) is 0. The Labute approximate surface area is 252 Å².